The largest absolute Gasteiger partial charge is 0.496 e. The number of carbonyl (C=O) groups excluding carboxylic acids is 1. The fourth-order valence-corrected chi connectivity index (χ4v) is 3.08. The van der Waals surface area contributed by atoms with Crippen molar-refractivity contribution in [1.82, 2.24) is 14.9 Å². The van der Waals surface area contributed by atoms with Crippen LogP contribution in [0.25, 0.3) is 10.9 Å². The van der Waals surface area contributed by atoms with Gasteiger partial charge in [-0.25, -0.2) is 18.7 Å². The van der Waals surface area contributed by atoms with Crippen molar-refractivity contribution in [2.75, 3.05) is 33.1 Å². The summed E-state index contributed by atoms with van der Waals surface area (Å²) in [5, 5.41) is 3.63. The molecule has 0 radical (unpaired) electrons. The number of likely N-dealkylation sites (N-methyl/N-ethyl adjacent to an activating group) is 1. The Balaban J connectivity index is 1.97. The van der Waals surface area contributed by atoms with E-state index in [9.17, 15) is 13.6 Å². The smallest absolute Gasteiger partial charge is 0.195 e. The lowest BCUT2D eigenvalue weighted by Crippen LogP contribution is -2.13. The number of anilines is 2. The molecule has 0 unspecified atom stereocenters. The SMILES string of the molecule is COc1cc2ncnc(Nc3ccc(F)c(Cl)c3)c2cc1CC(=O)/C(F)=C\CN(C)C. The number of fused-ring (bicyclic) bond motifs is 1. The first-order valence-electron chi connectivity index (χ1n) is 9.35. The Labute approximate surface area is 183 Å². The maximum absolute atomic E-state index is 14.2. The molecule has 0 saturated carbocycles. The second-order valence-corrected chi connectivity index (χ2v) is 7.48. The number of hydrogen-bond donors (Lipinski definition) is 1. The van der Waals surface area contributed by atoms with E-state index in [4.69, 9.17) is 16.3 Å². The molecule has 0 bridgehead atoms. The van der Waals surface area contributed by atoms with Crippen LogP contribution in [0.1, 0.15) is 5.56 Å². The molecule has 0 saturated heterocycles. The predicted octanol–water partition coefficient (Wildman–Crippen LogP) is 4.70. The number of rotatable bonds is 8. The van der Waals surface area contributed by atoms with Gasteiger partial charge in [0.25, 0.3) is 0 Å². The Morgan fingerprint density at radius 1 is 1.26 bits per heavy atom. The number of Topliss-reactive ketones (excluding diaryl/α,β-unsaturated/α-hetero) is 1. The highest BCUT2D eigenvalue weighted by molar-refractivity contribution is 6.31. The fraction of sp³-hybridized carbons (Fsp3) is 0.227. The summed E-state index contributed by atoms with van der Waals surface area (Å²) in [6.07, 6.45) is 2.42. The molecule has 9 heteroatoms. The fourth-order valence-electron chi connectivity index (χ4n) is 2.90. The van der Waals surface area contributed by atoms with E-state index in [-0.39, 0.29) is 11.4 Å². The van der Waals surface area contributed by atoms with Crippen LogP contribution in [0, 0.1) is 5.82 Å². The zero-order chi connectivity index (χ0) is 22.5. The number of carbonyl (C=O) groups is 1. The third kappa shape index (κ3) is 5.53. The molecule has 3 rings (SSSR count). The highest BCUT2D eigenvalue weighted by Crippen LogP contribution is 2.31. The first kappa shape index (κ1) is 22.6. The van der Waals surface area contributed by atoms with E-state index in [1.807, 2.05) is 0 Å². The summed E-state index contributed by atoms with van der Waals surface area (Å²) in [5.74, 6) is -1.16. The van der Waals surface area contributed by atoms with Gasteiger partial charge in [0.05, 0.1) is 17.6 Å². The molecule has 0 aliphatic rings. The molecule has 0 atom stereocenters. The van der Waals surface area contributed by atoms with Crippen molar-refractivity contribution < 1.29 is 18.3 Å². The lowest BCUT2D eigenvalue weighted by molar-refractivity contribution is -0.116. The van der Waals surface area contributed by atoms with Gasteiger partial charge >= 0.3 is 0 Å². The molecule has 0 aliphatic heterocycles. The van der Waals surface area contributed by atoms with Crippen molar-refractivity contribution in [3.8, 4) is 5.75 Å². The lowest BCUT2D eigenvalue weighted by atomic mass is 10.0. The minimum absolute atomic E-state index is 0.0312. The number of halogens is 3. The summed E-state index contributed by atoms with van der Waals surface area (Å²) >= 11 is 5.85. The number of benzene rings is 2. The molecule has 0 aliphatic carbocycles. The number of ether oxygens (including phenoxy) is 1. The highest BCUT2D eigenvalue weighted by Gasteiger charge is 2.16. The van der Waals surface area contributed by atoms with Crippen LogP contribution in [-0.4, -0.2) is 48.4 Å². The maximum Gasteiger partial charge on any atom is 0.195 e. The number of allylic oxidation sites excluding steroid dienone is 1. The van der Waals surface area contributed by atoms with E-state index in [2.05, 4.69) is 15.3 Å². The number of hydrogen-bond acceptors (Lipinski definition) is 6. The Kier molecular flexibility index (Phi) is 7.14. The van der Waals surface area contributed by atoms with Crippen molar-refractivity contribution in [2.45, 2.75) is 6.42 Å². The molecule has 31 heavy (non-hydrogen) atoms. The van der Waals surface area contributed by atoms with E-state index in [1.54, 1.807) is 31.1 Å². The van der Waals surface area contributed by atoms with Gasteiger partial charge in [0.2, 0.25) is 0 Å². The van der Waals surface area contributed by atoms with Crippen LogP contribution < -0.4 is 10.1 Å². The number of methoxy groups -OCH3 is 1. The molecular formula is C22H21ClF2N4O2. The third-order valence-electron chi connectivity index (χ3n) is 4.47. The van der Waals surface area contributed by atoms with Gasteiger partial charge in [0.15, 0.2) is 11.6 Å². The van der Waals surface area contributed by atoms with Gasteiger partial charge in [-0.2, -0.15) is 0 Å². The molecule has 0 spiro atoms. The molecule has 162 valence electrons. The second kappa shape index (κ2) is 9.80. The Hall–Kier alpha value is -3.10. The molecule has 1 aromatic heterocycles. The van der Waals surface area contributed by atoms with Gasteiger partial charge in [-0.05, 0) is 44.4 Å². The average Bonchev–Trinajstić information content (AvgIpc) is 2.74. The molecule has 2 aromatic carbocycles. The van der Waals surface area contributed by atoms with Crippen LogP contribution in [0.5, 0.6) is 5.75 Å². The minimum Gasteiger partial charge on any atom is -0.496 e. The van der Waals surface area contributed by atoms with Crippen molar-refractivity contribution in [1.29, 1.82) is 0 Å². The zero-order valence-electron chi connectivity index (χ0n) is 17.2. The average molecular weight is 447 g/mol. The number of nitrogens with one attached hydrogen (secondary N) is 1. The van der Waals surface area contributed by atoms with Crippen LogP contribution in [0.3, 0.4) is 0 Å². The van der Waals surface area contributed by atoms with Gasteiger partial charge in [0.1, 0.15) is 23.7 Å². The van der Waals surface area contributed by atoms with Crippen molar-refractivity contribution in [2.24, 2.45) is 0 Å². The lowest BCUT2D eigenvalue weighted by Gasteiger charge is -2.13. The molecular weight excluding hydrogens is 426 g/mol. The number of aromatic nitrogens is 2. The van der Waals surface area contributed by atoms with Gasteiger partial charge in [-0.15, -0.1) is 0 Å². The zero-order valence-corrected chi connectivity index (χ0v) is 18.0. The van der Waals surface area contributed by atoms with Crippen LogP contribution >= 0.6 is 11.6 Å². The van der Waals surface area contributed by atoms with E-state index < -0.39 is 17.4 Å². The van der Waals surface area contributed by atoms with Gasteiger partial charge in [0, 0.05) is 35.7 Å². The first-order chi connectivity index (χ1) is 14.8. The molecule has 6 nitrogen and oxygen atoms in total. The Morgan fingerprint density at radius 3 is 2.71 bits per heavy atom. The van der Waals surface area contributed by atoms with Crippen molar-refractivity contribution in [3.63, 3.8) is 0 Å². The summed E-state index contributed by atoms with van der Waals surface area (Å²) in [7, 11) is 5.03. The quantitative estimate of drug-likeness (QED) is 0.506. The minimum atomic E-state index is -0.806. The summed E-state index contributed by atoms with van der Waals surface area (Å²) in [4.78, 5) is 22.6. The number of nitrogens with zero attached hydrogens (tertiary/aromatic N) is 3. The summed E-state index contributed by atoms with van der Waals surface area (Å²) in [6.45, 7) is 0.314. The van der Waals surface area contributed by atoms with Crippen LogP contribution in [0.15, 0.2) is 48.6 Å². The van der Waals surface area contributed by atoms with Crippen LogP contribution in [0.4, 0.5) is 20.3 Å². The molecule has 0 amide bonds. The predicted molar refractivity (Wildman–Crippen MR) is 117 cm³/mol. The van der Waals surface area contributed by atoms with Crippen LogP contribution in [-0.2, 0) is 11.2 Å². The Bertz CT molecular complexity index is 1150. The molecule has 3 aromatic rings. The highest BCUT2D eigenvalue weighted by atomic mass is 35.5. The van der Waals surface area contributed by atoms with Gasteiger partial charge < -0.3 is 15.0 Å². The normalized spacial score (nSPS) is 11.8. The Morgan fingerprint density at radius 2 is 2.03 bits per heavy atom. The van der Waals surface area contributed by atoms with Gasteiger partial charge in [-0.3, -0.25) is 4.79 Å². The van der Waals surface area contributed by atoms with Crippen LogP contribution in [0.2, 0.25) is 5.02 Å². The molecule has 0 fully saturated rings. The first-order valence-corrected chi connectivity index (χ1v) is 9.73. The second-order valence-electron chi connectivity index (χ2n) is 7.07. The summed E-state index contributed by atoms with van der Waals surface area (Å²) in [5.41, 5.74) is 1.57. The van der Waals surface area contributed by atoms with Crippen molar-refractivity contribution >= 4 is 39.8 Å². The monoisotopic (exact) mass is 446 g/mol. The third-order valence-corrected chi connectivity index (χ3v) is 4.76. The van der Waals surface area contributed by atoms with E-state index in [0.717, 1.165) is 0 Å². The van der Waals surface area contributed by atoms with E-state index in [1.165, 1.54) is 37.7 Å². The standard InChI is InChI=1S/C22H21ClF2N4O2/c1-29(2)7-6-18(25)20(30)9-13-8-15-19(11-21(13)31-3)26-12-27-22(15)28-14-4-5-17(24)16(23)10-14/h4-6,8,10-12H,7,9H2,1-3H3,(H,26,27,28)/b18-6+. The van der Waals surface area contributed by atoms with Gasteiger partial charge in [-0.1, -0.05) is 11.6 Å². The maximum atomic E-state index is 14.2. The van der Waals surface area contributed by atoms with E-state index in [0.29, 0.717) is 40.3 Å². The summed E-state index contributed by atoms with van der Waals surface area (Å²) < 4.78 is 33.0. The topological polar surface area (TPSA) is 67.4 Å². The molecule has 1 heterocycles. The number of ketones is 1. The van der Waals surface area contributed by atoms with E-state index >= 15 is 0 Å². The van der Waals surface area contributed by atoms with Crippen molar-refractivity contribution in [3.05, 3.63) is 65.0 Å². The molecule has 1 N–H and O–H groups in total. The summed E-state index contributed by atoms with van der Waals surface area (Å²) in [6, 6.07) is 7.53.